The Hall–Kier alpha value is -2.24. The van der Waals surface area contributed by atoms with E-state index in [1.165, 1.54) is 0 Å². The van der Waals surface area contributed by atoms with Gasteiger partial charge in [0, 0.05) is 18.5 Å². The number of ether oxygens (including phenoxy) is 2. The fourth-order valence-corrected chi connectivity index (χ4v) is 4.32. The average Bonchev–Trinajstić information content (AvgIpc) is 3.01. The van der Waals surface area contributed by atoms with Crippen LogP contribution >= 0.6 is 0 Å². The van der Waals surface area contributed by atoms with E-state index in [0.717, 1.165) is 24.8 Å². The summed E-state index contributed by atoms with van der Waals surface area (Å²) >= 11 is 0. The first kappa shape index (κ1) is 19.5. The summed E-state index contributed by atoms with van der Waals surface area (Å²) in [5.41, 5.74) is -0.225. The van der Waals surface area contributed by atoms with Crippen LogP contribution in [-0.4, -0.2) is 41.3 Å². The minimum atomic E-state index is -0.553. The second kappa shape index (κ2) is 7.06. The molecule has 27 heavy (non-hydrogen) atoms. The van der Waals surface area contributed by atoms with Gasteiger partial charge in [0.1, 0.15) is 12.2 Å². The zero-order valence-electron chi connectivity index (χ0n) is 16.7. The van der Waals surface area contributed by atoms with Crippen molar-refractivity contribution in [2.45, 2.75) is 64.7 Å². The lowest BCUT2D eigenvalue weighted by atomic mass is 9.76. The molecule has 148 valence electrons. The Morgan fingerprint density at radius 2 is 1.85 bits per heavy atom. The summed E-state index contributed by atoms with van der Waals surface area (Å²) in [6.07, 6.45) is 2.07. The van der Waals surface area contributed by atoms with Gasteiger partial charge in [0.2, 0.25) is 0 Å². The van der Waals surface area contributed by atoms with Crippen LogP contribution in [0, 0.1) is 5.41 Å². The Labute approximate surface area is 161 Å². The molecule has 6 nitrogen and oxygen atoms in total. The SMILES string of the molecule is CC(C)(C)OC(=O)NC12CCCC1(C)CN(C(=O)OCc1ccccc1)C2. The molecule has 1 saturated carbocycles. The third-order valence-corrected chi connectivity index (χ3v) is 5.69. The predicted octanol–water partition coefficient (Wildman–Crippen LogP) is 4.09. The smallest absolute Gasteiger partial charge is 0.410 e. The summed E-state index contributed by atoms with van der Waals surface area (Å²) in [5, 5.41) is 3.10. The molecule has 1 N–H and O–H groups in total. The number of benzene rings is 1. The molecule has 1 aromatic carbocycles. The van der Waals surface area contributed by atoms with Crippen LogP contribution in [0.5, 0.6) is 0 Å². The monoisotopic (exact) mass is 374 g/mol. The number of nitrogens with zero attached hydrogens (tertiary/aromatic N) is 1. The van der Waals surface area contributed by atoms with E-state index in [1.807, 2.05) is 51.1 Å². The molecule has 6 heteroatoms. The molecule has 2 amide bonds. The van der Waals surface area contributed by atoms with Crippen molar-refractivity contribution in [1.29, 1.82) is 0 Å². The Bertz CT molecular complexity index is 700. The molecule has 1 heterocycles. The van der Waals surface area contributed by atoms with Crippen molar-refractivity contribution in [2.24, 2.45) is 5.41 Å². The van der Waals surface area contributed by atoms with Gasteiger partial charge in [-0.25, -0.2) is 9.59 Å². The Kier molecular flexibility index (Phi) is 5.10. The summed E-state index contributed by atoms with van der Waals surface area (Å²) in [6, 6.07) is 9.63. The number of amides is 2. The number of likely N-dealkylation sites (tertiary alicyclic amines) is 1. The van der Waals surface area contributed by atoms with Gasteiger partial charge in [-0.05, 0) is 39.2 Å². The molecule has 0 bridgehead atoms. The quantitative estimate of drug-likeness (QED) is 0.865. The van der Waals surface area contributed by atoms with Gasteiger partial charge in [-0.3, -0.25) is 0 Å². The van der Waals surface area contributed by atoms with Crippen LogP contribution < -0.4 is 5.32 Å². The van der Waals surface area contributed by atoms with Crippen molar-refractivity contribution in [3.63, 3.8) is 0 Å². The maximum atomic E-state index is 12.6. The van der Waals surface area contributed by atoms with Gasteiger partial charge >= 0.3 is 12.2 Å². The first-order valence-corrected chi connectivity index (χ1v) is 9.59. The van der Waals surface area contributed by atoms with Gasteiger partial charge in [0.15, 0.2) is 0 Å². The van der Waals surface area contributed by atoms with Crippen LogP contribution in [0.3, 0.4) is 0 Å². The van der Waals surface area contributed by atoms with Crippen LogP contribution in [0.1, 0.15) is 52.5 Å². The molecule has 2 unspecified atom stereocenters. The molecule has 3 rings (SSSR count). The van der Waals surface area contributed by atoms with Gasteiger partial charge in [0.05, 0.1) is 5.54 Å². The van der Waals surface area contributed by atoms with Crippen LogP contribution in [0.25, 0.3) is 0 Å². The van der Waals surface area contributed by atoms with Gasteiger partial charge in [-0.1, -0.05) is 43.7 Å². The Morgan fingerprint density at radius 1 is 1.15 bits per heavy atom. The Balaban J connectivity index is 1.65. The Morgan fingerprint density at radius 3 is 2.52 bits per heavy atom. The van der Waals surface area contributed by atoms with E-state index in [4.69, 9.17) is 9.47 Å². The fraction of sp³-hybridized carbons (Fsp3) is 0.619. The van der Waals surface area contributed by atoms with Crippen molar-refractivity contribution >= 4 is 12.2 Å². The normalized spacial score (nSPS) is 27.2. The minimum Gasteiger partial charge on any atom is -0.445 e. The molecule has 0 spiro atoms. The number of alkyl carbamates (subject to hydrolysis) is 1. The van der Waals surface area contributed by atoms with E-state index in [-0.39, 0.29) is 18.1 Å². The van der Waals surface area contributed by atoms with Crippen molar-refractivity contribution < 1.29 is 19.1 Å². The standard InChI is InChI=1S/C21H30N2O4/c1-19(2,3)27-17(24)22-21-12-8-11-20(21,4)14-23(15-21)18(25)26-13-16-9-6-5-7-10-16/h5-7,9-10H,8,11-15H2,1-4H3,(H,22,24). The summed E-state index contributed by atoms with van der Waals surface area (Å²) < 4.78 is 11.0. The third kappa shape index (κ3) is 4.20. The molecule has 0 radical (unpaired) electrons. The average molecular weight is 374 g/mol. The maximum absolute atomic E-state index is 12.6. The highest BCUT2D eigenvalue weighted by atomic mass is 16.6. The van der Waals surface area contributed by atoms with Crippen LogP contribution in [-0.2, 0) is 16.1 Å². The number of nitrogens with one attached hydrogen (secondary N) is 1. The first-order valence-electron chi connectivity index (χ1n) is 9.59. The fourth-order valence-electron chi connectivity index (χ4n) is 4.32. The summed E-state index contributed by atoms with van der Waals surface area (Å²) in [5.74, 6) is 0. The lowest BCUT2D eigenvalue weighted by Crippen LogP contribution is -2.57. The lowest BCUT2D eigenvalue weighted by Gasteiger charge is -2.37. The predicted molar refractivity (Wildman–Crippen MR) is 102 cm³/mol. The molecular weight excluding hydrogens is 344 g/mol. The zero-order chi connectivity index (χ0) is 19.7. The van der Waals surface area contributed by atoms with Crippen LogP contribution in [0.15, 0.2) is 30.3 Å². The summed E-state index contributed by atoms with van der Waals surface area (Å²) in [6.45, 7) is 8.97. The highest BCUT2D eigenvalue weighted by Crippen LogP contribution is 2.51. The van der Waals surface area contributed by atoms with E-state index in [9.17, 15) is 9.59 Å². The van der Waals surface area contributed by atoms with Crippen molar-refractivity contribution in [3.8, 4) is 0 Å². The highest BCUT2D eigenvalue weighted by Gasteiger charge is 2.60. The maximum Gasteiger partial charge on any atom is 0.410 e. The first-order chi connectivity index (χ1) is 12.6. The van der Waals surface area contributed by atoms with Gasteiger partial charge in [-0.15, -0.1) is 0 Å². The van der Waals surface area contributed by atoms with E-state index >= 15 is 0 Å². The zero-order valence-corrected chi connectivity index (χ0v) is 16.7. The van der Waals surface area contributed by atoms with Crippen molar-refractivity contribution in [3.05, 3.63) is 35.9 Å². The molecule has 2 fully saturated rings. The molecular formula is C21H30N2O4. The van der Waals surface area contributed by atoms with Gasteiger partial charge in [0.25, 0.3) is 0 Å². The number of rotatable bonds is 3. The van der Waals surface area contributed by atoms with Crippen LogP contribution in [0.2, 0.25) is 0 Å². The van der Waals surface area contributed by atoms with E-state index < -0.39 is 17.2 Å². The number of carbonyl (C=O) groups excluding carboxylic acids is 2. The second-order valence-electron chi connectivity index (χ2n) is 9.02. The van der Waals surface area contributed by atoms with E-state index in [2.05, 4.69) is 12.2 Å². The molecule has 1 aromatic rings. The summed E-state index contributed by atoms with van der Waals surface area (Å²) in [4.78, 5) is 26.7. The van der Waals surface area contributed by atoms with E-state index in [0.29, 0.717) is 13.1 Å². The van der Waals surface area contributed by atoms with E-state index in [1.54, 1.807) is 4.90 Å². The topological polar surface area (TPSA) is 67.9 Å². The number of hydrogen-bond donors (Lipinski definition) is 1. The molecule has 2 atom stereocenters. The molecule has 2 aliphatic rings. The van der Waals surface area contributed by atoms with Gasteiger partial charge < -0.3 is 19.7 Å². The largest absolute Gasteiger partial charge is 0.445 e. The number of carbonyl (C=O) groups is 2. The van der Waals surface area contributed by atoms with Gasteiger partial charge in [-0.2, -0.15) is 0 Å². The van der Waals surface area contributed by atoms with Crippen LogP contribution in [0.4, 0.5) is 9.59 Å². The third-order valence-electron chi connectivity index (χ3n) is 5.69. The highest BCUT2D eigenvalue weighted by molar-refractivity contribution is 5.72. The molecule has 0 aromatic heterocycles. The van der Waals surface area contributed by atoms with Crippen molar-refractivity contribution in [1.82, 2.24) is 10.2 Å². The molecule has 1 saturated heterocycles. The minimum absolute atomic E-state index is 0.171. The molecule has 1 aliphatic heterocycles. The summed E-state index contributed by atoms with van der Waals surface area (Å²) in [7, 11) is 0. The molecule has 1 aliphatic carbocycles. The lowest BCUT2D eigenvalue weighted by molar-refractivity contribution is 0.0403. The number of hydrogen-bond acceptors (Lipinski definition) is 4. The van der Waals surface area contributed by atoms with Crippen molar-refractivity contribution in [2.75, 3.05) is 13.1 Å². The number of fused-ring (bicyclic) bond motifs is 1. The second-order valence-corrected chi connectivity index (χ2v) is 9.02.